The number of rotatable bonds is 19. The molecule has 25 heavy (non-hydrogen) atoms. The van der Waals surface area contributed by atoms with Gasteiger partial charge >= 0.3 is 5.97 Å². The van der Waals surface area contributed by atoms with E-state index in [9.17, 15) is 9.90 Å². The predicted octanol–water partition coefficient (Wildman–Crippen LogP) is 5.46. The van der Waals surface area contributed by atoms with Gasteiger partial charge in [-0.15, -0.1) is 0 Å². The molecule has 0 spiro atoms. The first kappa shape index (κ1) is 24.4. The maximum absolute atomic E-state index is 11.4. The van der Waals surface area contributed by atoms with E-state index in [0.29, 0.717) is 19.4 Å². The Bertz CT molecular complexity index is 284. The molecule has 0 aromatic carbocycles. The Morgan fingerprint density at radius 2 is 1.20 bits per heavy atom. The minimum atomic E-state index is -1.03. The van der Waals surface area contributed by atoms with Crippen molar-refractivity contribution >= 4 is 5.97 Å². The summed E-state index contributed by atoms with van der Waals surface area (Å²) in [4.78, 5) is 11.4. The summed E-state index contributed by atoms with van der Waals surface area (Å²) < 4.78 is 4.85. The molecule has 1 atom stereocenters. The van der Waals surface area contributed by atoms with E-state index in [1.807, 2.05) is 0 Å². The van der Waals surface area contributed by atoms with Gasteiger partial charge in [0, 0.05) is 12.8 Å². The summed E-state index contributed by atoms with van der Waals surface area (Å²) in [7, 11) is 0. The second-order valence-electron chi connectivity index (χ2n) is 7.22. The average molecular weight is 358 g/mol. The van der Waals surface area contributed by atoms with E-state index in [2.05, 4.69) is 6.92 Å². The highest BCUT2D eigenvalue weighted by Gasteiger charge is 2.09. The lowest BCUT2D eigenvalue weighted by atomic mass is 10.0. The zero-order valence-corrected chi connectivity index (χ0v) is 16.6. The molecule has 3 N–H and O–H groups in total. The van der Waals surface area contributed by atoms with Crippen LogP contribution in [0.25, 0.3) is 0 Å². The van der Waals surface area contributed by atoms with E-state index in [-0.39, 0.29) is 5.97 Å². The normalized spacial score (nSPS) is 12.3. The molecule has 150 valence electrons. The van der Waals surface area contributed by atoms with Crippen LogP contribution >= 0.6 is 0 Å². The fraction of sp³-hybridized carbons (Fsp3) is 0.952. The van der Waals surface area contributed by atoms with E-state index in [1.54, 1.807) is 0 Å². The van der Waals surface area contributed by atoms with Crippen molar-refractivity contribution in [1.82, 2.24) is 0 Å². The van der Waals surface area contributed by atoms with Crippen molar-refractivity contribution < 1.29 is 14.6 Å². The van der Waals surface area contributed by atoms with Crippen LogP contribution in [0.1, 0.15) is 116 Å². The third kappa shape index (κ3) is 19.6. The maximum Gasteiger partial charge on any atom is 0.308 e. The Balaban J connectivity index is 3.15. The van der Waals surface area contributed by atoms with Crippen LogP contribution in [-0.2, 0) is 9.53 Å². The summed E-state index contributed by atoms with van der Waals surface area (Å²) in [5.74, 6) is -0.310. The minimum Gasteiger partial charge on any atom is -0.436 e. The molecule has 0 aromatic heterocycles. The second-order valence-corrected chi connectivity index (χ2v) is 7.22. The first-order valence-corrected chi connectivity index (χ1v) is 10.8. The van der Waals surface area contributed by atoms with Gasteiger partial charge in [-0.1, -0.05) is 96.8 Å². The minimum absolute atomic E-state index is 0.310. The zero-order chi connectivity index (χ0) is 18.6. The van der Waals surface area contributed by atoms with Crippen molar-refractivity contribution in [3.63, 3.8) is 0 Å². The standard InChI is InChI=1S/C21H43NO3/c1-2-3-4-5-6-7-8-9-10-11-12-13-14-15-16-17-20(23)25-21(24)18-19-22/h21,24H,2-19,22H2,1H3. The van der Waals surface area contributed by atoms with E-state index in [0.717, 1.165) is 12.8 Å². The summed E-state index contributed by atoms with van der Waals surface area (Å²) in [5, 5.41) is 9.32. The number of carbonyl (C=O) groups excluding carboxylic acids is 1. The number of aliphatic hydroxyl groups excluding tert-OH is 1. The number of unbranched alkanes of at least 4 members (excludes halogenated alkanes) is 14. The van der Waals surface area contributed by atoms with Gasteiger partial charge in [-0.05, 0) is 13.0 Å². The molecule has 0 amide bonds. The van der Waals surface area contributed by atoms with Crippen LogP contribution in [0.2, 0.25) is 0 Å². The van der Waals surface area contributed by atoms with E-state index in [1.165, 1.54) is 83.5 Å². The number of aliphatic hydroxyl groups is 1. The van der Waals surface area contributed by atoms with Crippen molar-refractivity contribution in [1.29, 1.82) is 0 Å². The molecule has 0 aliphatic heterocycles. The summed E-state index contributed by atoms with van der Waals surface area (Å²) in [6.45, 7) is 2.59. The Labute approximate surface area is 155 Å². The smallest absolute Gasteiger partial charge is 0.308 e. The Morgan fingerprint density at radius 1 is 0.800 bits per heavy atom. The second kappa shape index (κ2) is 19.7. The zero-order valence-electron chi connectivity index (χ0n) is 16.6. The molecule has 0 aromatic rings. The van der Waals surface area contributed by atoms with Crippen LogP contribution in [0, 0.1) is 0 Å². The van der Waals surface area contributed by atoms with Gasteiger partial charge in [0.25, 0.3) is 0 Å². The number of esters is 1. The summed E-state index contributed by atoms with van der Waals surface area (Å²) in [6.07, 6.45) is 19.3. The molecule has 0 saturated carbocycles. The molecule has 0 bridgehead atoms. The molecule has 1 unspecified atom stereocenters. The highest BCUT2D eigenvalue weighted by Crippen LogP contribution is 2.13. The third-order valence-electron chi connectivity index (χ3n) is 4.67. The van der Waals surface area contributed by atoms with Gasteiger partial charge in [-0.3, -0.25) is 4.79 Å². The van der Waals surface area contributed by atoms with Crippen LogP contribution in [0.5, 0.6) is 0 Å². The fourth-order valence-corrected chi connectivity index (χ4v) is 3.05. The van der Waals surface area contributed by atoms with Crippen LogP contribution in [0.15, 0.2) is 0 Å². The van der Waals surface area contributed by atoms with Gasteiger partial charge in [0.1, 0.15) is 0 Å². The van der Waals surface area contributed by atoms with Crippen LogP contribution < -0.4 is 5.73 Å². The largest absolute Gasteiger partial charge is 0.436 e. The highest BCUT2D eigenvalue weighted by molar-refractivity contribution is 5.69. The van der Waals surface area contributed by atoms with E-state index >= 15 is 0 Å². The fourth-order valence-electron chi connectivity index (χ4n) is 3.05. The molecule has 0 aliphatic carbocycles. The van der Waals surface area contributed by atoms with Gasteiger partial charge < -0.3 is 15.6 Å². The van der Waals surface area contributed by atoms with Crippen LogP contribution in [0.3, 0.4) is 0 Å². The molecule has 0 fully saturated rings. The summed E-state index contributed by atoms with van der Waals surface area (Å²) in [5.41, 5.74) is 5.29. The topological polar surface area (TPSA) is 72.5 Å². The van der Waals surface area contributed by atoms with E-state index in [4.69, 9.17) is 10.5 Å². The van der Waals surface area contributed by atoms with Crippen molar-refractivity contribution in [3.05, 3.63) is 0 Å². The van der Waals surface area contributed by atoms with Gasteiger partial charge in [-0.2, -0.15) is 0 Å². The summed E-state index contributed by atoms with van der Waals surface area (Å²) in [6, 6.07) is 0. The highest BCUT2D eigenvalue weighted by atomic mass is 16.6. The first-order valence-electron chi connectivity index (χ1n) is 10.8. The van der Waals surface area contributed by atoms with Gasteiger partial charge in [0.15, 0.2) is 0 Å². The SMILES string of the molecule is CCCCCCCCCCCCCCCCCC(=O)OC(O)CCN. The van der Waals surface area contributed by atoms with E-state index < -0.39 is 6.29 Å². The monoisotopic (exact) mass is 357 g/mol. The number of hydrogen-bond donors (Lipinski definition) is 2. The molecular weight excluding hydrogens is 314 g/mol. The van der Waals surface area contributed by atoms with Crippen molar-refractivity contribution in [2.45, 2.75) is 122 Å². The van der Waals surface area contributed by atoms with Crippen molar-refractivity contribution in [2.75, 3.05) is 6.54 Å². The van der Waals surface area contributed by atoms with Gasteiger partial charge in [-0.25, -0.2) is 0 Å². The van der Waals surface area contributed by atoms with Gasteiger partial charge in [0.05, 0.1) is 0 Å². The van der Waals surface area contributed by atoms with Gasteiger partial charge in [0.2, 0.25) is 6.29 Å². The molecule has 4 nitrogen and oxygen atoms in total. The molecule has 4 heteroatoms. The maximum atomic E-state index is 11.4. The first-order chi connectivity index (χ1) is 12.2. The Morgan fingerprint density at radius 3 is 1.60 bits per heavy atom. The predicted molar refractivity (Wildman–Crippen MR) is 105 cm³/mol. The lowest BCUT2D eigenvalue weighted by Crippen LogP contribution is -2.20. The lowest BCUT2D eigenvalue weighted by Gasteiger charge is -2.10. The number of ether oxygens (including phenoxy) is 1. The molecule has 0 aliphatic rings. The van der Waals surface area contributed by atoms with Crippen molar-refractivity contribution in [3.8, 4) is 0 Å². The Hall–Kier alpha value is -0.610. The Kier molecular flexibility index (Phi) is 19.2. The van der Waals surface area contributed by atoms with Crippen LogP contribution in [0.4, 0.5) is 0 Å². The third-order valence-corrected chi connectivity index (χ3v) is 4.67. The quantitative estimate of drug-likeness (QED) is 0.183. The number of carbonyl (C=O) groups is 1. The average Bonchev–Trinajstić information content (AvgIpc) is 2.58. The molecule has 0 saturated heterocycles. The van der Waals surface area contributed by atoms with Crippen LogP contribution in [-0.4, -0.2) is 23.9 Å². The number of nitrogens with two attached hydrogens (primary N) is 1. The van der Waals surface area contributed by atoms with Crippen molar-refractivity contribution in [2.24, 2.45) is 5.73 Å². The molecular formula is C21H43NO3. The lowest BCUT2D eigenvalue weighted by molar-refractivity contribution is -0.168. The molecule has 0 radical (unpaired) electrons. The summed E-state index contributed by atoms with van der Waals surface area (Å²) >= 11 is 0. The molecule has 0 heterocycles. The number of hydrogen-bond acceptors (Lipinski definition) is 4. The molecule has 0 rings (SSSR count).